The molecule has 0 saturated carbocycles. The largest absolute Gasteiger partial charge is 0.463 e. The zero-order valence-corrected chi connectivity index (χ0v) is 8.50. The molecule has 1 rings (SSSR count). The minimum atomic E-state index is -0.362. The minimum absolute atomic E-state index is 0.362. The van der Waals surface area contributed by atoms with Gasteiger partial charge in [0.1, 0.15) is 10.9 Å². The summed E-state index contributed by atoms with van der Waals surface area (Å²) in [7, 11) is 0. The average molecular weight is 207 g/mol. The molecule has 0 unspecified atom stereocenters. The molecule has 1 heterocycles. The van der Waals surface area contributed by atoms with Gasteiger partial charge in [-0.05, 0) is 25.1 Å². The standard InChI is InChI=1S/C10H9NO2S/c1-2-13-10(12)6-5-8-3-4-9(7-11)14-8/h3-6H,2H2,1H3. The third-order valence-corrected chi connectivity index (χ3v) is 2.36. The molecule has 14 heavy (non-hydrogen) atoms. The number of esters is 1. The van der Waals surface area contributed by atoms with E-state index in [4.69, 9.17) is 10.00 Å². The van der Waals surface area contributed by atoms with Crippen LogP contribution in [-0.4, -0.2) is 12.6 Å². The van der Waals surface area contributed by atoms with Crippen LogP contribution in [-0.2, 0) is 9.53 Å². The molecule has 4 heteroatoms. The lowest BCUT2D eigenvalue weighted by Gasteiger charge is -1.93. The van der Waals surface area contributed by atoms with Crippen LogP contribution in [0.3, 0.4) is 0 Å². The molecule has 0 N–H and O–H groups in total. The van der Waals surface area contributed by atoms with Gasteiger partial charge in [0.25, 0.3) is 0 Å². The Morgan fingerprint density at radius 3 is 3.07 bits per heavy atom. The molecule has 0 atom stereocenters. The third kappa shape index (κ3) is 3.04. The van der Waals surface area contributed by atoms with Gasteiger partial charge < -0.3 is 4.74 Å². The Balaban J connectivity index is 2.60. The average Bonchev–Trinajstić information content (AvgIpc) is 2.63. The molecule has 0 radical (unpaired) electrons. The summed E-state index contributed by atoms with van der Waals surface area (Å²) in [6.07, 6.45) is 3.00. The maximum Gasteiger partial charge on any atom is 0.330 e. The van der Waals surface area contributed by atoms with Gasteiger partial charge >= 0.3 is 5.97 Å². The molecule has 1 aromatic heterocycles. The summed E-state index contributed by atoms with van der Waals surface area (Å²) < 4.78 is 4.71. The number of nitriles is 1. The number of rotatable bonds is 3. The van der Waals surface area contributed by atoms with E-state index in [9.17, 15) is 4.79 Å². The highest BCUT2D eigenvalue weighted by atomic mass is 32.1. The van der Waals surface area contributed by atoms with E-state index in [1.165, 1.54) is 17.4 Å². The van der Waals surface area contributed by atoms with Crippen LogP contribution in [0.1, 0.15) is 16.7 Å². The van der Waals surface area contributed by atoms with Crippen LogP contribution >= 0.6 is 11.3 Å². The Bertz CT molecular complexity index is 387. The fourth-order valence-electron chi connectivity index (χ4n) is 0.843. The molecule has 0 aliphatic heterocycles. The van der Waals surface area contributed by atoms with Gasteiger partial charge in [0.05, 0.1) is 6.61 Å². The first-order valence-corrected chi connectivity index (χ1v) is 4.92. The fourth-order valence-corrected chi connectivity index (χ4v) is 1.55. The summed E-state index contributed by atoms with van der Waals surface area (Å²) >= 11 is 1.34. The van der Waals surface area contributed by atoms with Gasteiger partial charge in [-0.25, -0.2) is 4.79 Å². The summed E-state index contributed by atoms with van der Waals surface area (Å²) in [5.74, 6) is -0.362. The lowest BCUT2D eigenvalue weighted by atomic mass is 10.4. The van der Waals surface area contributed by atoms with Crippen molar-refractivity contribution >= 4 is 23.4 Å². The number of ether oxygens (including phenoxy) is 1. The van der Waals surface area contributed by atoms with Crippen LogP contribution in [0.4, 0.5) is 0 Å². The summed E-state index contributed by atoms with van der Waals surface area (Å²) in [5.41, 5.74) is 0. The number of carbonyl (C=O) groups excluding carboxylic acids is 1. The van der Waals surface area contributed by atoms with E-state index in [1.807, 2.05) is 6.07 Å². The van der Waals surface area contributed by atoms with Crippen molar-refractivity contribution in [3.8, 4) is 6.07 Å². The second kappa shape index (κ2) is 5.20. The Morgan fingerprint density at radius 1 is 1.71 bits per heavy atom. The van der Waals surface area contributed by atoms with Crippen molar-refractivity contribution in [2.75, 3.05) is 6.61 Å². The van der Waals surface area contributed by atoms with E-state index in [0.29, 0.717) is 11.5 Å². The minimum Gasteiger partial charge on any atom is -0.463 e. The Morgan fingerprint density at radius 2 is 2.50 bits per heavy atom. The molecule has 1 aromatic rings. The number of carbonyl (C=O) groups is 1. The molecule has 0 aliphatic rings. The van der Waals surface area contributed by atoms with E-state index in [-0.39, 0.29) is 5.97 Å². The van der Waals surface area contributed by atoms with Gasteiger partial charge in [-0.15, -0.1) is 11.3 Å². The second-order valence-corrected chi connectivity index (χ2v) is 3.51. The predicted octanol–water partition coefficient (Wildman–Crippen LogP) is 2.20. The topological polar surface area (TPSA) is 50.1 Å². The van der Waals surface area contributed by atoms with E-state index >= 15 is 0 Å². The van der Waals surface area contributed by atoms with E-state index in [1.54, 1.807) is 25.1 Å². The summed E-state index contributed by atoms with van der Waals surface area (Å²) in [4.78, 5) is 12.4. The van der Waals surface area contributed by atoms with E-state index < -0.39 is 0 Å². The SMILES string of the molecule is CCOC(=O)C=Cc1ccc(C#N)s1. The number of thiophene rings is 1. The van der Waals surface area contributed by atoms with Gasteiger partial charge in [-0.2, -0.15) is 5.26 Å². The third-order valence-electron chi connectivity index (χ3n) is 1.41. The Kier molecular flexibility index (Phi) is 3.89. The van der Waals surface area contributed by atoms with Gasteiger partial charge in [0.2, 0.25) is 0 Å². The van der Waals surface area contributed by atoms with Crippen molar-refractivity contribution in [2.45, 2.75) is 6.92 Å². The van der Waals surface area contributed by atoms with Crippen molar-refractivity contribution in [3.63, 3.8) is 0 Å². The molecule has 72 valence electrons. The van der Waals surface area contributed by atoms with Crippen molar-refractivity contribution in [2.24, 2.45) is 0 Å². The molecule has 0 bridgehead atoms. The summed E-state index contributed by atoms with van der Waals surface area (Å²) in [6, 6.07) is 5.54. The highest BCUT2D eigenvalue weighted by molar-refractivity contribution is 7.13. The Hall–Kier alpha value is -1.60. The molecule has 0 amide bonds. The molecular formula is C10H9NO2S. The summed E-state index contributed by atoms with van der Waals surface area (Å²) in [6.45, 7) is 2.13. The fraction of sp³-hybridized carbons (Fsp3) is 0.200. The number of hydrogen-bond donors (Lipinski definition) is 0. The maximum absolute atomic E-state index is 10.9. The highest BCUT2D eigenvalue weighted by Crippen LogP contribution is 2.16. The van der Waals surface area contributed by atoms with Crippen LogP contribution in [0.2, 0.25) is 0 Å². The van der Waals surface area contributed by atoms with Gasteiger partial charge in [-0.1, -0.05) is 0 Å². The zero-order chi connectivity index (χ0) is 10.4. The quantitative estimate of drug-likeness (QED) is 0.564. The lowest BCUT2D eigenvalue weighted by molar-refractivity contribution is -0.137. The van der Waals surface area contributed by atoms with Gasteiger partial charge in [0, 0.05) is 11.0 Å². The van der Waals surface area contributed by atoms with Crippen molar-refractivity contribution < 1.29 is 9.53 Å². The first-order chi connectivity index (χ1) is 6.76. The number of nitrogens with zero attached hydrogens (tertiary/aromatic N) is 1. The van der Waals surface area contributed by atoms with Crippen LogP contribution < -0.4 is 0 Å². The molecule has 0 spiro atoms. The maximum atomic E-state index is 10.9. The van der Waals surface area contributed by atoms with Gasteiger partial charge in [0.15, 0.2) is 0 Å². The highest BCUT2D eigenvalue weighted by Gasteiger charge is 1.97. The molecule has 0 aliphatic carbocycles. The van der Waals surface area contributed by atoms with E-state index in [0.717, 1.165) is 4.88 Å². The lowest BCUT2D eigenvalue weighted by Crippen LogP contribution is -1.98. The molecule has 0 aromatic carbocycles. The van der Waals surface area contributed by atoms with Gasteiger partial charge in [-0.3, -0.25) is 0 Å². The molecular weight excluding hydrogens is 198 g/mol. The predicted molar refractivity (Wildman–Crippen MR) is 54.7 cm³/mol. The van der Waals surface area contributed by atoms with Crippen LogP contribution in [0, 0.1) is 11.3 Å². The molecule has 0 fully saturated rings. The Labute approximate surface area is 86.2 Å². The van der Waals surface area contributed by atoms with Crippen molar-refractivity contribution in [1.29, 1.82) is 5.26 Å². The van der Waals surface area contributed by atoms with Crippen LogP contribution in [0.5, 0.6) is 0 Å². The van der Waals surface area contributed by atoms with Crippen molar-refractivity contribution in [1.82, 2.24) is 0 Å². The first-order valence-electron chi connectivity index (χ1n) is 4.11. The monoisotopic (exact) mass is 207 g/mol. The molecule has 3 nitrogen and oxygen atoms in total. The normalized spacial score (nSPS) is 10.0. The van der Waals surface area contributed by atoms with E-state index in [2.05, 4.69) is 0 Å². The number of hydrogen-bond acceptors (Lipinski definition) is 4. The summed E-state index contributed by atoms with van der Waals surface area (Å²) in [5, 5.41) is 8.56. The van der Waals surface area contributed by atoms with Crippen molar-refractivity contribution in [3.05, 3.63) is 28.0 Å². The second-order valence-electron chi connectivity index (χ2n) is 2.40. The van der Waals surface area contributed by atoms with Crippen LogP contribution in [0.25, 0.3) is 6.08 Å². The molecule has 0 saturated heterocycles. The zero-order valence-electron chi connectivity index (χ0n) is 7.69. The van der Waals surface area contributed by atoms with Crippen LogP contribution in [0.15, 0.2) is 18.2 Å². The smallest absolute Gasteiger partial charge is 0.330 e. The first kappa shape index (κ1) is 10.5.